The maximum absolute atomic E-state index is 5.57. The van der Waals surface area contributed by atoms with E-state index in [1.54, 1.807) is 0 Å². The van der Waals surface area contributed by atoms with Crippen molar-refractivity contribution in [3.8, 4) is 5.75 Å². The summed E-state index contributed by atoms with van der Waals surface area (Å²) < 4.78 is 6.53. The third-order valence-electron chi connectivity index (χ3n) is 2.02. The summed E-state index contributed by atoms with van der Waals surface area (Å²) in [7, 11) is 0. The Hall–Kier alpha value is -0.800. The molecule has 0 bridgehead atoms. The number of hydrogen-bond donors (Lipinski definition) is 1. The molecule has 1 aromatic carbocycles. The van der Waals surface area contributed by atoms with Gasteiger partial charge in [0, 0.05) is 17.6 Å². The van der Waals surface area contributed by atoms with Crippen molar-refractivity contribution >= 4 is 15.9 Å². The molecule has 1 N–H and O–H groups in total. The van der Waals surface area contributed by atoms with Crippen molar-refractivity contribution in [3.05, 3.63) is 40.9 Å². The zero-order valence-corrected chi connectivity index (χ0v) is 11.2. The van der Waals surface area contributed by atoms with E-state index in [0.717, 1.165) is 36.3 Å². The van der Waals surface area contributed by atoms with Gasteiger partial charge in [-0.15, -0.1) is 0 Å². The van der Waals surface area contributed by atoms with Gasteiger partial charge >= 0.3 is 0 Å². The van der Waals surface area contributed by atoms with Crippen LogP contribution in [0.15, 0.2) is 35.3 Å². The van der Waals surface area contributed by atoms with Crippen LogP contribution in [0.4, 0.5) is 0 Å². The molecule has 0 aliphatic carbocycles. The monoisotopic (exact) mass is 283 g/mol. The van der Waals surface area contributed by atoms with Crippen LogP contribution in [0.1, 0.15) is 18.9 Å². The summed E-state index contributed by atoms with van der Waals surface area (Å²) in [6.07, 6.45) is 1.03. The first-order valence-electron chi connectivity index (χ1n) is 5.48. The zero-order valence-electron chi connectivity index (χ0n) is 9.63. The maximum atomic E-state index is 5.57. The Kier molecular flexibility index (Phi) is 6.19. The number of ether oxygens (including phenoxy) is 1. The van der Waals surface area contributed by atoms with E-state index in [1.165, 1.54) is 5.56 Å². The average Bonchev–Trinajstić information content (AvgIpc) is 2.26. The van der Waals surface area contributed by atoms with E-state index < -0.39 is 0 Å². The van der Waals surface area contributed by atoms with Crippen molar-refractivity contribution in [2.24, 2.45) is 0 Å². The first kappa shape index (κ1) is 13.3. The number of benzene rings is 1. The van der Waals surface area contributed by atoms with Crippen molar-refractivity contribution in [2.45, 2.75) is 19.9 Å². The van der Waals surface area contributed by atoms with E-state index in [2.05, 4.69) is 46.9 Å². The van der Waals surface area contributed by atoms with Crippen molar-refractivity contribution in [1.82, 2.24) is 5.32 Å². The lowest BCUT2D eigenvalue weighted by Gasteiger charge is -2.07. The van der Waals surface area contributed by atoms with Gasteiger partial charge < -0.3 is 10.1 Å². The van der Waals surface area contributed by atoms with Gasteiger partial charge in [-0.3, -0.25) is 0 Å². The van der Waals surface area contributed by atoms with Gasteiger partial charge in [0.2, 0.25) is 0 Å². The Morgan fingerprint density at radius 3 is 3.00 bits per heavy atom. The predicted octanol–water partition coefficient (Wildman–Crippen LogP) is 3.47. The molecule has 0 fully saturated rings. The second-order valence-electron chi connectivity index (χ2n) is 3.62. The number of halogens is 1. The first-order chi connectivity index (χ1) is 7.72. The third kappa shape index (κ3) is 5.33. The number of nitrogens with one attached hydrogen (secondary N) is 1. The van der Waals surface area contributed by atoms with Crippen LogP contribution in [0.3, 0.4) is 0 Å². The Bertz CT molecular complexity index is 338. The summed E-state index contributed by atoms with van der Waals surface area (Å²) in [5, 5.41) is 3.28. The molecular weight excluding hydrogens is 266 g/mol. The molecule has 88 valence electrons. The normalized spacial score (nSPS) is 10.1. The topological polar surface area (TPSA) is 21.3 Å². The summed E-state index contributed by atoms with van der Waals surface area (Å²) >= 11 is 3.31. The molecule has 1 aromatic rings. The minimum Gasteiger partial charge on any atom is -0.494 e. The molecule has 1 rings (SSSR count). The van der Waals surface area contributed by atoms with Gasteiger partial charge in [0.05, 0.1) is 6.61 Å². The first-order valence-corrected chi connectivity index (χ1v) is 6.27. The molecule has 0 saturated carbocycles. The molecule has 0 aromatic heterocycles. The fourth-order valence-corrected chi connectivity index (χ4v) is 1.51. The van der Waals surface area contributed by atoms with Crippen LogP contribution in [-0.2, 0) is 6.54 Å². The van der Waals surface area contributed by atoms with E-state index in [4.69, 9.17) is 4.74 Å². The van der Waals surface area contributed by atoms with Crippen molar-refractivity contribution in [1.29, 1.82) is 0 Å². The quantitative estimate of drug-likeness (QED) is 0.827. The maximum Gasteiger partial charge on any atom is 0.119 e. The zero-order chi connectivity index (χ0) is 11.8. The average molecular weight is 284 g/mol. The standard InChI is InChI=1S/C13H18BrNO/c1-3-7-16-13-6-4-5-12(8-13)10-15-9-11(2)14/h4-6,8,15H,2-3,7,9-10H2,1H3. The van der Waals surface area contributed by atoms with Crippen molar-refractivity contribution in [2.75, 3.05) is 13.2 Å². The minimum atomic E-state index is 0.773. The highest BCUT2D eigenvalue weighted by molar-refractivity contribution is 9.11. The van der Waals surface area contributed by atoms with Crippen LogP contribution in [-0.4, -0.2) is 13.2 Å². The van der Waals surface area contributed by atoms with Gasteiger partial charge in [0.15, 0.2) is 0 Å². The fraction of sp³-hybridized carbons (Fsp3) is 0.385. The summed E-state index contributed by atoms with van der Waals surface area (Å²) in [6.45, 7) is 8.26. The molecule has 0 unspecified atom stereocenters. The Labute approximate surface area is 106 Å². The largest absolute Gasteiger partial charge is 0.494 e. The molecule has 0 spiro atoms. The summed E-state index contributed by atoms with van der Waals surface area (Å²) in [6, 6.07) is 8.16. The van der Waals surface area contributed by atoms with E-state index in [-0.39, 0.29) is 0 Å². The Balaban J connectivity index is 2.43. The van der Waals surface area contributed by atoms with Crippen LogP contribution in [0.25, 0.3) is 0 Å². The van der Waals surface area contributed by atoms with Crippen LogP contribution < -0.4 is 10.1 Å². The Morgan fingerprint density at radius 1 is 1.50 bits per heavy atom. The molecule has 3 heteroatoms. The molecule has 0 amide bonds. The van der Waals surface area contributed by atoms with Crippen molar-refractivity contribution in [3.63, 3.8) is 0 Å². The fourth-order valence-electron chi connectivity index (χ4n) is 1.31. The SMILES string of the molecule is C=C(Br)CNCc1cccc(OCCC)c1. The smallest absolute Gasteiger partial charge is 0.119 e. The molecule has 0 atom stereocenters. The Morgan fingerprint density at radius 2 is 2.31 bits per heavy atom. The van der Waals surface area contributed by atoms with Gasteiger partial charge in [0.1, 0.15) is 5.75 Å². The van der Waals surface area contributed by atoms with Gasteiger partial charge in [-0.1, -0.05) is 41.6 Å². The highest BCUT2D eigenvalue weighted by atomic mass is 79.9. The predicted molar refractivity (Wildman–Crippen MR) is 72.0 cm³/mol. The molecule has 2 nitrogen and oxygen atoms in total. The number of hydrogen-bond acceptors (Lipinski definition) is 2. The molecule has 0 heterocycles. The molecule has 0 radical (unpaired) electrons. The summed E-state index contributed by atoms with van der Waals surface area (Å²) in [5.74, 6) is 0.943. The second kappa shape index (κ2) is 7.47. The second-order valence-corrected chi connectivity index (χ2v) is 4.74. The van der Waals surface area contributed by atoms with Crippen LogP contribution in [0.5, 0.6) is 5.75 Å². The van der Waals surface area contributed by atoms with Gasteiger partial charge in [-0.25, -0.2) is 0 Å². The van der Waals surface area contributed by atoms with Crippen LogP contribution in [0.2, 0.25) is 0 Å². The van der Waals surface area contributed by atoms with Crippen molar-refractivity contribution < 1.29 is 4.74 Å². The highest BCUT2D eigenvalue weighted by Crippen LogP contribution is 2.13. The molecule has 0 aliphatic rings. The van der Waals surface area contributed by atoms with E-state index >= 15 is 0 Å². The van der Waals surface area contributed by atoms with E-state index in [9.17, 15) is 0 Å². The number of rotatable bonds is 7. The molecule has 16 heavy (non-hydrogen) atoms. The van der Waals surface area contributed by atoms with E-state index in [1.807, 2.05) is 12.1 Å². The highest BCUT2D eigenvalue weighted by Gasteiger charge is 1.96. The molecular formula is C13H18BrNO. The lowest BCUT2D eigenvalue weighted by Crippen LogP contribution is -2.14. The molecule has 0 saturated heterocycles. The lowest BCUT2D eigenvalue weighted by molar-refractivity contribution is 0.317. The summed E-state index contributed by atoms with van der Waals surface area (Å²) in [5.41, 5.74) is 1.22. The van der Waals surface area contributed by atoms with Gasteiger partial charge in [-0.2, -0.15) is 0 Å². The lowest BCUT2D eigenvalue weighted by atomic mass is 10.2. The van der Waals surface area contributed by atoms with Gasteiger partial charge in [-0.05, 0) is 24.1 Å². The third-order valence-corrected chi connectivity index (χ3v) is 2.30. The van der Waals surface area contributed by atoms with Crippen LogP contribution in [0, 0.1) is 0 Å². The molecule has 0 aliphatic heterocycles. The van der Waals surface area contributed by atoms with Crippen LogP contribution >= 0.6 is 15.9 Å². The minimum absolute atomic E-state index is 0.773. The van der Waals surface area contributed by atoms with E-state index in [0.29, 0.717) is 0 Å². The van der Waals surface area contributed by atoms with Gasteiger partial charge in [0.25, 0.3) is 0 Å². The summed E-state index contributed by atoms with van der Waals surface area (Å²) in [4.78, 5) is 0.